The molecule has 0 aliphatic heterocycles. The summed E-state index contributed by atoms with van der Waals surface area (Å²) in [6, 6.07) is 17.1. The molecule has 30 heavy (non-hydrogen) atoms. The number of pyridine rings is 1. The van der Waals surface area contributed by atoms with Gasteiger partial charge in [-0.1, -0.05) is 18.2 Å². The summed E-state index contributed by atoms with van der Waals surface area (Å²) in [5, 5.41) is 0. The normalized spacial score (nSPS) is 12.0. The first-order valence-electron chi connectivity index (χ1n) is 8.87. The molecule has 0 amide bonds. The van der Waals surface area contributed by atoms with Crippen molar-refractivity contribution in [2.24, 2.45) is 0 Å². The van der Waals surface area contributed by atoms with Gasteiger partial charge in [0.25, 0.3) is 10.0 Å². The number of hydrogen-bond acceptors (Lipinski definition) is 6. The largest absolute Gasteiger partial charge is 0.487 e. The van der Waals surface area contributed by atoms with Crippen molar-refractivity contribution in [3.8, 4) is 5.75 Å². The molecular weight excluding hydrogens is 426 g/mol. The smallest absolute Gasteiger partial charge is 0.261 e. The van der Waals surface area contributed by atoms with Crippen LogP contribution in [0, 0.1) is 0 Å². The number of anilines is 1. The zero-order chi connectivity index (χ0) is 21.8. The van der Waals surface area contributed by atoms with Gasteiger partial charge in [-0.25, -0.2) is 21.1 Å². The van der Waals surface area contributed by atoms with Crippen LogP contribution >= 0.6 is 0 Å². The molecule has 3 aromatic rings. The second kappa shape index (κ2) is 8.82. The first-order chi connectivity index (χ1) is 14.2. The second-order valence-electron chi connectivity index (χ2n) is 6.51. The fourth-order valence-corrected chi connectivity index (χ4v) is 4.63. The molecule has 158 valence electrons. The molecule has 1 aromatic heterocycles. The van der Waals surface area contributed by atoms with Crippen molar-refractivity contribution in [3.63, 3.8) is 0 Å². The van der Waals surface area contributed by atoms with Crippen LogP contribution in [0.5, 0.6) is 5.75 Å². The van der Waals surface area contributed by atoms with Crippen LogP contribution < -0.4 is 9.46 Å². The summed E-state index contributed by atoms with van der Waals surface area (Å²) < 4.78 is 59.3. The first kappa shape index (κ1) is 21.8. The SMILES string of the molecule is CN(C)S(=O)(=O)c1cccc(S(=O)(=O)Nc2cccc(OCc3ccccn3)c2)c1. The number of nitrogens with one attached hydrogen (secondary N) is 1. The van der Waals surface area contributed by atoms with Crippen LogP contribution in [0.1, 0.15) is 5.69 Å². The number of ether oxygens (including phenoxy) is 1. The quantitative estimate of drug-likeness (QED) is 0.569. The van der Waals surface area contributed by atoms with Crippen molar-refractivity contribution in [2.45, 2.75) is 16.4 Å². The van der Waals surface area contributed by atoms with Crippen LogP contribution in [0.15, 0.2) is 82.7 Å². The molecule has 1 heterocycles. The van der Waals surface area contributed by atoms with Gasteiger partial charge in [-0.05, 0) is 42.5 Å². The van der Waals surface area contributed by atoms with Crippen LogP contribution in [0.4, 0.5) is 5.69 Å². The Morgan fingerprint density at radius 1 is 0.900 bits per heavy atom. The number of nitrogens with zero attached hydrogens (tertiary/aromatic N) is 2. The first-order valence-corrected chi connectivity index (χ1v) is 11.8. The van der Waals surface area contributed by atoms with Crippen molar-refractivity contribution in [3.05, 3.63) is 78.6 Å². The van der Waals surface area contributed by atoms with Gasteiger partial charge < -0.3 is 4.74 Å². The van der Waals surface area contributed by atoms with E-state index in [1.54, 1.807) is 36.5 Å². The topological polar surface area (TPSA) is 106 Å². The van der Waals surface area contributed by atoms with Gasteiger partial charge in [-0.3, -0.25) is 9.71 Å². The molecule has 8 nitrogen and oxygen atoms in total. The highest BCUT2D eigenvalue weighted by Gasteiger charge is 2.21. The van der Waals surface area contributed by atoms with Gasteiger partial charge in [0.1, 0.15) is 12.4 Å². The number of sulfonamides is 2. The third kappa shape index (κ3) is 5.15. The summed E-state index contributed by atoms with van der Waals surface area (Å²) in [5.74, 6) is 0.463. The summed E-state index contributed by atoms with van der Waals surface area (Å²) in [6.45, 7) is 0.238. The molecule has 0 aliphatic carbocycles. The Morgan fingerprint density at radius 3 is 2.33 bits per heavy atom. The fourth-order valence-electron chi connectivity index (χ4n) is 2.52. The minimum absolute atomic E-state index is 0.108. The molecule has 0 atom stereocenters. The molecule has 3 rings (SSSR count). The van der Waals surface area contributed by atoms with E-state index in [9.17, 15) is 16.8 Å². The van der Waals surface area contributed by atoms with Gasteiger partial charge >= 0.3 is 0 Å². The zero-order valence-electron chi connectivity index (χ0n) is 16.4. The van der Waals surface area contributed by atoms with E-state index in [4.69, 9.17) is 4.74 Å². The van der Waals surface area contributed by atoms with Crippen molar-refractivity contribution in [2.75, 3.05) is 18.8 Å². The monoisotopic (exact) mass is 447 g/mol. The van der Waals surface area contributed by atoms with Crippen molar-refractivity contribution < 1.29 is 21.6 Å². The van der Waals surface area contributed by atoms with Crippen LogP contribution in [0.2, 0.25) is 0 Å². The molecule has 1 N–H and O–H groups in total. The van der Waals surface area contributed by atoms with Gasteiger partial charge in [-0.2, -0.15) is 0 Å². The van der Waals surface area contributed by atoms with Gasteiger partial charge in [0.05, 0.1) is 21.2 Å². The minimum Gasteiger partial charge on any atom is -0.487 e. The number of rotatable bonds is 8. The van der Waals surface area contributed by atoms with Crippen LogP contribution in [0.3, 0.4) is 0 Å². The van der Waals surface area contributed by atoms with E-state index in [0.717, 1.165) is 16.1 Å². The average molecular weight is 448 g/mol. The van der Waals surface area contributed by atoms with E-state index in [1.807, 2.05) is 12.1 Å². The van der Waals surface area contributed by atoms with Crippen LogP contribution in [-0.2, 0) is 26.7 Å². The highest BCUT2D eigenvalue weighted by atomic mass is 32.2. The lowest BCUT2D eigenvalue weighted by molar-refractivity contribution is 0.301. The Morgan fingerprint density at radius 2 is 1.63 bits per heavy atom. The summed E-state index contributed by atoms with van der Waals surface area (Å²) in [5.41, 5.74) is 1.02. The zero-order valence-corrected chi connectivity index (χ0v) is 18.0. The maximum atomic E-state index is 12.8. The van der Waals surface area contributed by atoms with E-state index >= 15 is 0 Å². The van der Waals surface area contributed by atoms with Crippen molar-refractivity contribution in [1.82, 2.24) is 9.29 Å². The predicted molar refractivity (Wildman–Crippen MR) is 113 cm³/mol. The third-order valence-corrected chi connectivity index (χ3v) is 7.28. The highest BCUT2D eigenvalue weighted by Crippen LogP contribution is 2.23. The summed E-state index contributed by atoms with van der Waals surface area (Å²) in [7, 11) is -5.00. The summed E-state index contributed by atoms with van der Waals surface area (Å²) >= 11 is 0. The van der Waals surface area contributed by atoms with E-state index in [2.05, 4.69) is 9.71 Å². The standard InChI is InChI=1S/C20H21N3O5S2/c1-23(2)30(26,27)20-11-6-10-19(14-20)29(24,25)22-16-8-5-9-18(13-16)28-15-17-7-3-4-12-21-17/h3-14,22H,15H2,1-2H3. The van der Waals surface area contributed by atoms with Crippen LogP contribution in [-0.4, -0.2) is 40.2 Å². The summed E-state index contributed by atoms with van der Waals surface area (Å²) in [4.78, 5) is 3.90. The lowest BCUT2D eigenvalue weighted by Gasteiger charge is -2.13. The molecule has 0 unspecified atom stereocenters. The molecule has 0 saturated heterocycles. The Kier molecular flexibility index (Phi) is 6.40. The molecule has 0 saturated carbocycles. The summed E-state index contributed by atoms with van der Waals surface area (Å²) in [6.07, 6.45) is 1.66. The van der Waals surface area contributed by atoms with E-state index in [0.29, 0.717) is 5.75 Å². The minimum atomic E-state index is -4.01. The lowest BCUT2D eigenvalue weighted by Crippen LogP contribution is -2.22. The Balaban J connectivity index is 1.79. The molecular formula is C20H21N3O5S2. The second-order valence-corrected chi connectivity index (χ2v) is 10.3. The van der Waals surface area contributed by atoms with E-state index < -0.39 is 20.0 Å². The Bertz CT molecular complexity index is 1230. The van der Waals surface area contributed by atoms with E-state index in [-0.39, 0.29) is 22.1 Å². The van der Waals surface area contributed by atoms with Gasteiger partial charge in [0, 0.05) is 26.4 Å². The molecule has 0 spiro atoms. The Labute approximate surface area is 176 Å². The van der Waals surface area contributed by atoms with Crippen molar-refractivity contribution >= 4 is 25.7 Å². The van der Waals surface area contributed by atoms with Gasteiger partial charge in [0.2, 0.25) is 10.0 Å². The molecule has 2 aromatic carbocycles. The maximum Gasteiger partial charge on any atom is 0.261 e. The lowest BCUT2D eigenvalue weighted by atomic mass is 10.3. The predicted octanol–water partition coefficient (Wildman–Crippen LogP) is 2.71. The number of benzene rings is 2. The molecule has 0 bridgehead atoms. The third-order valence-electron chi connectivity index (χ3n) is 4.09. The van der Waals surface area contributed by atoms with E-state index in [1.165, 1.54) is 32.3 Å². The van der Waals surface area contributed by atoms with Crippen LogP contribution in [0.25, 0.3) is 0 Å². The molecule has 10 heteroatoms. The molecule has 0 fully saturated rings. The Hall–Kier alpha value is -2.95. The number of hydrogen-bond donors (Lipinski definition) is 1. The van der Waals surface area contributed by atoms with Crippen molar-refractivity contribution in [1.29, 1.82) is 0 Å². The highest BCUT2D eigenvalue weighted by molar-refractivity contribution is 7.93. The number of aromatic nitrogens is 1. The average Bonchev–Trinajstić information content (AvgIpc) is 2.73. The van der Waals surface area contributed by atoms with Gasteiger partial charge in [0.15, 0.2) is 0 Å². The maximum absolute atomic E-state index is 12.8. The molecule has 0 radical (unpaired) electrons. The fraction of sp³-hybridized carbons (Fsp3) is 0.150. The molecule has 0 aliphatic rings. The van der Waals surface area contributed by atoms with Gasteiger partial charge in [-0.15, -0.1) is 0 Å².